The van der Waals surface area contributed by atoms with Crippen LogP contribution in [-0.2, 0) is 37.8 Å². The summed E-state index contributed by atoms with van der Waals surface area (Å²) in [6, 6.07) is 19.4. The number of esters is 2. The molecule has 4 N–H and O–H groups in total. The zero-order chi connectivity index (χ0) is 37.4. The van der Waals surface area contributed by atoms with Gasteiger partial charge in [-0.1, -0.05) is 67.3 Å². The van der Waals surface area contributed by atoms with Crippen molar-refractivity contribution in [2.75, 3.05) is 11.5 Å². The first-order valence-corrected chi connectivity index (χ1v) is 16.0. The molecule has 1 aliphatic heterocycles. The number of anilines is 1. The summed E-state index contributed by atoms with van der Waals surface area (Å²) in [6.45, 7) is 7.08. The summed E-state index contributed by atoms with van der Waals surface area (Å²) in [6.07, 6.45) is 6.56. The number of carbonyl (C=O) groups is 5. The average molecular weight is 704 g/mol. The fraction of sp³-hybridized carbons (Fsp3) is 0.143. The van der Waals surface area contributed by atoms with Crippen LogP contribution < -0.4 is 10.2 Å². The smallest absolute Gasteiger partial charge is 0.386 e. The second-order valence-corrected chi connectivity index (χ2v) is 11.6. The number of ether oxygens (including phenoxy) is 1. The zero-order valence-electron chi connectivity index (χ0n) is 27.2. The van der Waals surface area contributed by atoms with E-state index in [1.165, 1.54) is 44.0 Å². The molecular formula is C35H34N3O11P. The third-order valence-electron chi connectivity index (χ3n) is 6.21. The summed E-state index contributed by atoms with van der Waals surface area (Å²) in [7, 11) is -4.65. The van der Waals surface area contributed by atoms with E-state index in [0.717, 1.165) is 17.7 Å². The third kappa shape index (κ3) is 13.7. The fourth-order valence-electron chi connectivity index (χ4n) is 3.71. The molecule has 0 saturated heterocycles. The van der Waals surface area contributed by atoms with Gasteiger partial charge in [0.25, 0.3) is 17.7 Å². The van der Waals surface area contributed by atoms with Crippen molar-refractivity contribution in [1.82, 2.24) is 5.32 Å². The topological polar surface area (TPSA) is 221 Å². The molecule has 2 aromatic rings. The van der Waals surface area contributed by atoms with Crippen LogP contribution in [0.15, 0.2) is 126 Å². The first-order valence-electron chi connectivity index (χ1n) is 14.5. The predicted molar refractivity (Wildman–Crippen MR) is 182 cm³/mol. The number of carbonyl (C=O) groups excluding carboxylic acids is 5. The first kappa shape index (κ1) is 40.4. The summed E-state index contributed by atoms with van der Waals surface area (Å²) in [5.41, 5.74) is 1.74. The highest BCUT2D eigenvalue weighted by atomic mass is 31.2. The van der Waals surface area contributed by atoms with E-state index in [1.807, 2.05) is 30.3 Å². The molecule has 50 heavy (non-hydrogen) atoms. The molecule has 1 atom stereocenters. The molecule has 3 amide bonds. The van der Waals surface area contributed by atoms with Crippen molar-refractivity contribution in [3.8, 4) is 6.07 Å². The monoisotopic (exact) mass is 703 g/mol. The van der Waals surface area contributed by atoms with Gasteiger partial charge in [-0.2, -0.15) is 5.26 Å². The molecule has 260 valence electrons. The molecule has 0 saturated carbocycles. The lowest BCUT2D eigenvalue weighted by atomic mass is 10.1. The van der Waals surface area contributed by atoms with Gasteiger partial charge in [0.1, 0.15) is 6.10 Å². The van der Waals surface area contributed by atoms with Gasteiger partial charge in [-0.05, 0) is 50.1 Å². The number of nitrogens with zero attached hydrogens (tertiary/aromatic N) is 2. The van der Waals surface area contributed by atoms with E-state index in [9.17, 15) is 33.6 Å². The van der Waals surface area contributed by atoms with Crippen molar-refractivity contribution >= 4 is 49.2 Å². The molecule has 2 aromatic carbocycles. The normalized spacial score (nSPS) is 14.1. The number of aliphatic hydroxyl groups is 1. The largest absolute Gasteiger partial charge is 0.469 e. The molecule has 0 bridgehead atoms. The Balaban J connectivity index is 0.000000377. The lowest BCUT2D eigenvalue weighted by Crippen LogP contribution is -2.28. The molecule has 15 heteroatoms. The van der Waals surface area contributed by atoms with Crippen molar-refractivity contribution < 1.29 is 52.7 Å². The maximum absolute atomic E-state index is 13.0. The molecule has 0 radical (unpaired) electrons. The van der Waals surface area contributed by atoms with Crippen LogP contribution in [0.4, 0.5) is 5.69 Å². The van der Waals surface area contributed by atoms with E-state index in [0.29, 0.717) is 5.69 Å². The second kappa shape index (κ2) is 19.3. The molecule has 3 rings (SSSR count). The SMILES string of the molecule is C=C(C)C(=O)OC(=O)C(C)=CN(C(=O)C(C)=CC1=CC(=O)NC1=O)c1ccccc1.N#CC=C(C=Cc1ccccc1)C(O)COP(=O)(O)O. The number of nitrogens with one attached hydrogen (secondary N) is 1. The lowest BCUT2D eigenvalue weighted by molar-refractivity contribution is -0.154. The number of hydrogen-bond acceptors (Lipinski definition) is 10. The minimum atomic E-state index is -4.65. The molecule has 1 unspecified atom stereocenters. The highest BCUT2D eigenvalue weighted by Crippen LogP contribution is 2.36. The third-order valence-corrected chi connectivity index (χ3v) is 6.70. The quantitative estimate of drug-likeness (QED) is 0.0473. The van der Waals surface area contributed by atoms with Gasteiger partial charge in [-0.25, -0.2) is 14.2 Å². The van der Waals surface area contributed by atoms with Crippen LogP contribution in [0.3, 0.4) is 0 Å². The van der Waals surface area contributed by atoms with Crippen LogP contribution in [0.5, 0.6) is 0 Å². The highest BCUT2D eigenvalue weighted by Gasteiger charge is 2.23. The first-order chi connectivity index (χ1) is 23.5. The second-order valence-electron chi connectivity index (χ2n) is 10.3. The predicted octanol–water partition coefficient (Wildman–Crippen LogP) is 3.72. The Kier molecular flexibility index (Phi) is 15.5. The number of nitriles is 1. The van der Waals surface area contributed by atoms with Crippen molar-refractivity contribution in [2.45, 2.75) is 26.9 Å². The lowest BCUT2D eigenvalue weighted by Gasteiger charge is -2.20. The minimum absolute atomic E-state index is 0.0115. The van der Waals surface area contributed by atoms with Crippen LogP contribution in [0.2, 0.25) is 0 Å². The van der Waals surface area contributed by atoms with Crippen LogP contribution >= 0.6 is 7.82 Å². The van der Waals surface area contributed by atoms with E-state index in [4.69, 9.17) is 15.0 Å². The van der Waals surface area contributed by atoms with Gasteiger partial charge in [-0.15, -0.1) is 0 Å². The van der Waals surface area contributed by atoms with Crippen molar-refractivity contribution in [3.63, 3.8) is 0 Å². The molecule has 1 aliphatic rings. The Hall–Kier alpha value is -5.81. The van der Waals surface area contributed by atoms with Gasteiger partial charge in [0.05, 0.1) is 18.2 Å². The summed E-state index contributed by atoms with van der Waals surface area (Å²) in [5, 5.41) is 20.5. The molecule has 0 aromatic heterocycles. The van der Waals surface area contributed by atoms with Gasteiger partial charge in [0, 0.05) is 40.8 Å². The van der Waals surface area contributed by atoms with Crippen LogP contribution in [-0.4, -0.2) is 57.3 Å². The number of allylic oxidation sites excluding steroid dienone is 1. The van der Waals surface area contributed by atoms with Crippen LogP contribution in [0.1, 0.15) is 26.3 Å². The standard InChI is InChI=1S/C22H20N2O6.C13H14NO5P/c1-13(2)21(28)30-22(29)15(4)12-24(17-8-6-5-7-9-17)20(27)14(3)10-16-11-18(25)23-19(16)26;14-9-8-12(13(15)10-19-20(16,17)18)7-6-11-4-2-1-3-5-11/h5-12H,1H2,2-4H3,(H,23,25,26);1-8,13,15H,10H2,(H2,16,17,18). The number of hydrogen-bond donors (Lipinski definition) is 4. The van der Waals surface area contributed by atoms with Gasteiger partial charge in [0.2, 0.25) is 0 Å². The molecule has 14 nitrogen and oxygen atoms in total. The van der Waals surface area contributed by atoms with Crippen molar-refractivity contribution in [3.05, 3.63) is 131 Å². The molecule has 0 spiro atoms. The number of para-hydroxylation sites is 1. The molecule has 0 fully saturated rings. The Morgan fingerprint density at radius 1 is 1.00 bits per heavy atom. The van der Waals surface area contributed by atoms with E-state index in [-0.39, 0.29) is 27.9 Å². The highest BCUT2D eigenvalue weighted by molar-refractivity contribution is 7.46. The van der Waals surface area contributed by atoms with Crippen molar-refractivity contribution in [1.29, 1.82) is 5.26 Å². The number of phosphoric acid groups is 1. The number of phosphoric ester groups is 1. The van der Waals surface area contributed by atoms with E-state index in [1.54, 1.807) is 42.5 Å². The van der Waals surface area contributed by atoms with Gasteiger partial charge < -0.3 is 19.6 Å². The van der Waals surface area contributed by atoms with Crippen LogP contribution in [0.25, 0.3) is 6.08 Å². The maximum atomic E-state index is 13.0. The number of aliphatic hydroxyl groups excluding tert-OH is 1. The van der Waals surface area contributed by atoms with E-state index in [2.05, 4.69) is 21.2 Å². The average Bonchev–Trinajstić information content (AvgIpc) is 3.39. The Labute approximate surface area is 287 Å². The summed E-state index contributed by atoms with van der Waals surface area (Å²) < 4.78 is 19.4. The van der Waals surface area contributed by atoms with Gasteiger partial charge in [0.15, 0.2) is 0 Å². The van der Waals surface area contributed by atoms with Gasteiger partial charge >= 0.3 is 19.8 Å². The fourth-order valence-corrected chi connectivity index (χ4v) is 4.04. The minimum Gasteiger partial charge on any atom is -0.386 e. The Bertz CT molecular complexity index is 1870. The molecule has 0 aliphatic carbocycles. The molecule has 1 heterocycles. The summed E-state index contributed by atoms with van der Waals surface area (Å²) >= 11 is 0. The number of imide groups is 1. The van der Waals surface area contributed by atoms with E-state index >= 15 is 0 Å². The Morgan fingerprint density at radius 2 is 1.60 bits per heavy atom. The summed E-state index contributed by atoms with van der Waals surface area (Å²) in [5.74, 6) is -3.51. The number of rotatable bonds is 12. The number of benzene rings is 2. The van der Waals surface area contributed by atoms with Gasteiger partial charge in [-0.3, -0.25) is 29.1 Å². The Morgan fingerprint density at radius 3 is 2.12 bits per heavy atom. The van der Waals surface area contributed by atoms with E-state index < -0.39 is 50.2 Å². The molecular weight excluding hydrogens is 669 g/mol. The van der Waals surface area contributed by atoms with Crippen molar-refractivity contribution in [2.24, 2.45) is 0 Å². The maximum Gasteiger partial charge on any atom is 0.469 e. The van der Waals surface area contributed by atoms with Crippen LogP contribution in [0, 0.1) is 11.3 Å². The zero-order valence-corrected chi connectivity index (χ0v) is 28.1. The number of amides is 3. The summed E-state index contributed by atoms with van der Waals surface area (Å²) in [4.78, 5) is 78.1.